The van der Waals surface area contributed by atoms with Crippen LogP contribution in [0.5, 0.6) is 11.5 Å². The van der Waals surface area contributed by atoms with Gasteiger partial charge in [-0.2, -0.15) is 4.89 Å². The van der Waals surface area contributed by atoms with Crippen LogP contribution in [-0.4, -0.2) is 12.4 Å². The van der Waals surface area contributed by atoms with Gasteiger partial charge in [0.1, 0.15) is 19.0 Å². The van der Waals surface area contributed by atoms with E-state index in [-0.39, 0.29) is 13.2 Å². The summed E-state index contributed by atoms with van der Waals surface area (Å²) in [6.45, 7) is 0.320. The van der Waals surface area contributed by atoms with Crippen LogP contribution in [0.4, 0.5) is 0 Å². The topological polar surface area (TPSA) is 57.2 Å². The lowest BCUT2D eigenvalue weighted by molar-refractivity contribution is -0.253. The van der Waals surface area contributed by atoms with E-state index in [2.05, 4.69) is 17.0 Å². The van der Waals surface area contributed by atoms with E-state index in [9.17, 15) is 0 Å². The van der Waals surface area contributed by atoms with Crippen LogP contribution in [0, 0.1) is 0 Å². The molecule has 0 saturated carbocycles. The molecule has 3 rings (SSSR count). The van der Waals surface area contributed by atoms with Gasteiger partial charge in [-0.15, -0.1) is 0 Å². The third-order valence-corrected chi connectivity index (χ3v) is 4.17. The van der Waals surface area contributed by atoms with Crippen molar-refractivity contribution in [3.05, 3.63) is 95.1 Å². The summed E-state index contributed by atoms with van der Waals surface area (Å²) in [5.74, 6) is 1.33. The van der Waals surface area contributed by atoms with Gasteiger partial charge < -0.3 is 9.62 Å². The Bertz CT molecular complexity index is 831. The highest BCUT2D eigenvalue weighted by Gasteiger charge is 2.07. The summed E-state index contributed by atoms with van der Waals surface area (Å²) in [4.78, 5) is 15.0. The average molecular weight is 366 g/mol. The molecule has 5 nitrogen and oxygen atoms in total. The summed E-state index contributed by atoms with van der Waals surface area (Å²) in [6.07, 6.45) is 0.813. The summed E-state index contributed by atoms with van der Waals surface area (Å²) in [5, 5.41) is 8.82. The molecule has 1 N–H and O–H groups in total. The second kappa shape index (κ2) is 9.73. The lowest BCUT2D eigenvalue weighted by Gasteiger charge is -2.12. The molecule has 0 saturated heterocycles. The molecule has 0 aliphatic heterocycles. The smallest absolute Gasteiger partial charge is 0.165 e. The maximum absolute atomic E-state index is 8.82. The lowest BCUT2D eigenvalue weighted by atomic mass is 10.00. The molecule has 0 aliphatic carbocycles. The van der Waals surface area contributed by atoms with Gasteiger partial charge in [-0.1, -0.05) is 48.5 Å². The van der Waals surface area contributed by atoms with Crippen molar-refractivity contribution in [3.63, 3.8) is 0 Å². The third-order valence-electron chi connectivity index (χ3n) is 4.17. The highest BCUT2D eigenvalue weighted by Crippen LogP contribution is 2.20. The minimum absolute atomic E-state index is 0.0901. The SMILES string of the molecule is COc1ccc(OOCc2cc(Cc3ccccc3)ccc2COO)cc1. The van der Waals surface area contributed by atoms with Gasteiger partial charge in [-0.25, -0.2) is 4.89 Å². The van der Waals surface area contributed by atoms with Crippen molar-refractivity contribution in [2.75, 3.05) is 7.11 Å². The first kappa shape index (κ1) is 18.9. The van der Waals surface area contributed by atoms with E-state index in [0.29, 0.717) is 5.75 Å². The summed E-state index contributed by atoms with van der Waals surface area (Å²) in [6, 6.07) is 23.3. The van der Waals surface area contributed by atoms with Crippen molar-refractivity contribution in [1.82, 2.24) is 0 Å². The molecule has 0 fully saturated rings. The monoisotopic (exact) mass is 366 g/mol. The molecule has 5 heteroatoms. The van der Waals surface area contributed by atoms with Crippen LogP contribution in [0.15, 0.2) is 72.8 Å². The first-order valence-corrected chi connectivity index (χ1v) is 8.63. The van der Waals surface area contributed by atoms with Gasteiger partial charge in [0.15, 0.2) is 5.75 Å². The minimum Gasteiger partial charge on any atom is -0.497 e. The maximum Gasteiger partial charge on any atom is 0.165 e. The quantitative estimate of drug-likeness (QED) is 0.436. The molecule has 0 bridgehead atoms. The Morgan fingerprint density at radius 2 is 1.48 bits per heavy atom. The van der Waals surface area contributed by atoms with Crippen LogP contribution in [0.3, 0.4) is 0 Å². The van der Waals surface area contributed by atoms with Crippen LogP contribution < -0.4 is 9.62 Å². The molecule has 140 valence electrons. The number of methoxy groups -OCH3 is 1. The second-order valence-electron chi connectivity index (χ2n) is 6.06. The summed E-state index contributed by atoms with van der Waals surface area (Å²) >= 11 is 0. The molecule has 0 unspecified atom stereocenters. The van der Waals surface area contributed by atoms with E-state index < -0.39 is 0 Å². The zero-order valence-electron chi connectivity index (χ0n) is 15.1. The molecule has 0 spiro atoms. The Morgan fingerprint density at radius 3 is 2.19 bits per heavy atom. The van der Waals surface area contributed by atoms with E-state index in [0.717, 1.165) is 28.9 Å². The van der Waals surface area contributed by atoms with Crippen molar-refractivity contribution in [3.8, 4) is 11.5 Å². The number of benzene rings is 3. The van der Waals surface area contributed by atoms with Crippen LogP contribution >= 0.6 is 0 Å². The Morgan fingerprint density at radius 1 is 0.741 bits per heavy atom. The summed E-state index contributed by atoms with van der Waals surface area (Å²) < 4.78 is 5.11. The van der Waals surface area contributed by atoms with Crippen LogP contribution in [0.1, 0.15) is 22.3 Å². The fourth-order valence-electron chi connectivity index (χ4n) is 2.76. The molecule has 0 amide bonds. The minimum atomic E-state index is 0.0901. The van der Waals surface area contributed by atoms with Gasteiger partial charge >= 0.3 is 0 Å². The van der Waals surface area contributed by atoms with Gasteiger partial charge in [-0.05, 0) is 52.9 Å². The Labute approximate surface area is 158 Å². The van der Waals surface area contributed by atoms with E-state index >= 15 is 0 Å². The van der Waals surface area contributed by atoms with Crippen molar-refractivity contribution in [2.24, 2.45) is 0 Å². The molecule has 0 aromatic heterocycles. The summed E-state index contributed by atoms with van der Waals surface area (Å²) in [5.41, 5.74) is 4.11. The highest BCUT2D eigenvalue weighted by molar-refractivity contribution is 5.35. The molecule has 3 aromatic rings. The first-order chi connectivity index (χ1) is 13.3. The molecule has 27 heavy (non-hydrogen) atoms. The Balaban J connectivity index is 1.66. The van der Waals surface area contributed by atoms with E-state index in [1.165, 1.54) is 5.56 Å². The number of hydrogen-bond acceptors (Lipinski definition) is 5. The zero-order chi connectivity index (χ0) is 18.9. The van der Waals surface area contributed by atoms with Gasteiger partial charge in [0.25, 0.3) is 0 Å². The normalized spacial score (nSPS) is 10.6. The molecular weight excluding hydrogens is 344 g/mol. The predicted octanol–water partition coefficient (Wildman–Crippen LogP) is 4.79. The zero-order valence-corrected chi connectivity index (χ0v) is 15.1. The number of ether oxygens (including phenoxy) is 1. The van der Waals surface area contributed by atoms with Gasteiger partial charge in [0.05, 0.1) is 7.11 Å². The molecule has 0 aliphatic rings. The predicted molar refractivity (Wildman–Crippen MR) is 102 cm³/mol. The van der Waals surface area contributed by atoms with E-state index in [1.807, 2.05) is 36.4 Å². The third kappa shape index (κ3) is 5.56. The molecular formula is C22H22O5. The maximum atomic E-state index is 8.82. The largest absolute Gasteiger partial charge is 0.497 e. The average Bonchev–Trinajstić information content (AvgIpc) is 2.71. The molecule has 0 radical (unpaired) electrons. The van der Waals surface area contributed by atoms with Crippen molar-refractivity contribution < 1.29 is 24.7 Å². The van der Waals surface area contributed by atoms with Gasteiger partial charge in [0.2, 0.25) is 0 Å². The van der Waals surface area contributed by atoms with Crippen molar-refractivity contribution >= 4 is 0 Å². The molecule has 0 atom stereocenters. The Hall–Kier alpha value is -2.86. The fraction of sp³-hybridized carbons (Fsp3) is 0.182. The van der Waals surface area contributed by atoms with Gasteiger partial charge in [0, 0.05) is 0 Å². The van der Waals surface area contributed by atoms with E-state index in [4.69, 9.17) is 19.8 Å². The van der Waals surface area contributed by atoms with Crippen LogP contribution in [0.25, 0.3) is 0 Å². The standard InChI is InChI=1S/C22H22O5/c1-24-21-9-11-22(12-10-21)27-26-16-20-14-18(7-8-19(20)15-25-23)13-17-5-3-2-4-6-17/h2-12,14,23H,13,15-16H2,1H3. The van der Waals surface area contributed by atoms with Crippen LogP contribution in [0.2, 0.25) is 0 Å². The highest BCUT2D eigenvalue weighted by atomic mass is 17.2. The first-order valence-electron chi connectivity index (χ1n) is 8.63. The number of hydrogen-bond donors (Lipinski definition) is 1. The van der Waals surface area contributed by atoms with Crippen LogP contribution in [-0.2, 0) is 29.4 Å². The Kier molecular flexibility index (Phi) is 6.82. The van der Waals surface area contributed by atoms with Gasteiger partial charge in [-0.3, -0.25) is 5.26 Å². The van der Waals surface area contributed by atoms with Crippen molar-refractivity contribution in [2.45, 2.75) is 19.6 Å². The summed E-state index contributed by atoms with van der Waals surface area (Å²) in [7, 11) is 1.61. The second-order valence-corrected chi connectivity index (χ2v) is 6.06. The van der Waals surface area contributed by atoms with Crippen molar-refractivity contribution in [1.29, 1.82) is 0 Å². The number of rotatable bonds is 9. The fourth-order valence-corrected chi connectivity index (χ4v) is 2.76. The van der Waals surface area contributed by atoms with E-state index in [1.54, 1.807) is 31.4 Å². The molecule has 0 heterocycles. The lowest BCUT2D eigenvalue weighted by Crippen LogP contribution is -2.04. The molecule has 3 aromatic carbocycles.